The first kappa shape index (κ1) is 16.1. The van der Waals surface area contributed by atoms with Gasteiger partial charge in [0.2, 0.25) is 0 Å². The summed E-state index contributed by atoms with van der Waals surface area (Å²) in [7, 11) is -2.09. The Bertz CT molecular complexity index is 863. The smallest absolute Gasteiger partial charge is 0.188 e. The van der Waals surface area contributed by atoms with Gasteiger partial charge in [-0.25, -0.2) is 8.42 Å². The highest BCUT2D eigenvalue weighted by Crippen LogP contribution is 2.46. The van der Waals surface area contributed by atoms with Crippen molar-refractivity contribution in [2.24, 2.45) is 0 Å². The summed E-state index contributed by atoms with van der Waals surface area (Å²) in [6, 6.07) is 9.62. The lowest BCUT2D eigenvalue weighted by Gasteiger charge is -2.32. The highest BCUT2D eigenvalue weighted by atomic mass is 79.9. The number of phenols is 1. The van der Waals surface area contributed by atoms with Crippen LogP contribution in [0.4, 0.5) is 0 Å². The molecule has 5 nitrogen and oxygen atoms in total. The van der Waals surface area contributed by atoms with E-state index in [4.69, 9.17) is 9.47 Å². The third-order valence-electron chi connectivity index (χ3n) is 3.93. The molecule has 2 atom stereocenters. The number of rotatable bonds is 2. The van der Waals surface area contributed by atoms with Crippen LogP contribution in [0, 0.1) is 0 Å². The number of methoxy groups -OCH3 is 1. The molecule has 2 aromatic carbocycles. The molecular weight excluding hydrogens is 384 g/mol. The Kier molecular flexibility index (Phi) is 4.01. The molecular formula is C16H15BrO5S. The summed E-state index contributed by atoms with van der Waals surface area (Å²) in [4.78, 5) is 0.137. The number of aromatic hydroxyl groups is 1. The van der Waals surface area contributed by atoms with Crippen LogP contribution < -0.4 is 9.47 Å². The zero-order valence-electron chi connectivity index (χ0n) is 12.5. The normalized spacial score (nSPS) is 22.0. The molecule has 0 spiro atoms. The van der Waals surface area contributed by atoms with Gasteiger partial charge in [-0.05, 0) is 52.7 Å². The molecule has 2 aromatic rings. The molecule has 7 heteroatoms. The second-order valence-corrected chi connectivity index (χ2v) is 8.41. The first-order valence-corrected chi connectivity index (χ1v) is 9.26. The molecule has 1 aliphatic rings. The second-order valence-electron chi connectivity index (χ2n) is 5.29. The molecule has 0 amide bonds. The predicted octanol–water partition coefficient (Wildman–Crippen LogP) is 3.46. The fourth-order valence-corrected chi connectivity index (χ4v) is 4.63. The van der Waals surface area contributed by atoms with Crippen molar-refractivity contribution >= 4 is 25.8 Å². The monoisotopic (exact) mass is 398 g/mol. The molecule has 0 aromatic heterocycles. The van der Waals surface area contributed by atoms with Gasteiger partial charge in [0.1, 0.15) is 22.0 Å². The first-order valence-electron chi connectivity index (χ1n) is 6.92. The lowest BCUT2D eigenvalue weighted by atomic mass is 10.1. The van der Waals surface area contributed by atoms with Crippen LogP contribution in [-0.2, 0) is 9.84 Å². The summed E-state index contributed by atoms with van der Waals surface area (Å²) >= 11 is 3.24. The molecule has 1 N–H and O–H groups in total. The van der Waals surface area contributed by atoms with Crippen molar-refractivity contribution in [1.82, 2.24) is 0 Å². The van der Waals surface area contributed by atoms with Gasteiger partial charge in [-0.3, -0.25) is 0 Å². The van der Waals surface area contributed by atoms with E-state index in [0.717, 1.165) is 0 Å². The van der Waals surface area contributed by atoms with E-state index in [1.54, 1.807) is 31.2 Å². The van der Waals surface area contributed by atoms with Crippen molar-refractivity contribution in [1.29, 1.82) is 0 Å². The number of fused-ring (bicyclic) bond motifs is 1. The molecule has 1 heterocycles. The fourth-order valence-electron chi connectivity index (χ4n) is 2.62. The van der Waals surface area contributed by atoms with E-state index in [1.807, 2.05) is 0 Å². The summed E-state index contributed by atoms with van der Waals surface area (Å²) in [5.74, 6) is 0.682. The van der Waals surface area contributed by atoms with Gasteiger partial charge in [0, 0.05) is 0 Å². The summed E-state index contributed by atoms with van der Waals surface area (Å²) < 4.78 is 37.3. The van der Waals surface area contributed by atoms with E-state index in [9.17, 15) is 13.5 Å². The van der Waals surface area contributed by atoms with E-state index >= 15 is 0 Å². The van der Waals surface area contributed by atoms with E-state index < -0.39 is 21.2 Å². The zero-order valence-corrected chi connectivity index (χ0v) is 14.9. The molecule has 0 saturated carbocycles. The van der Waals surface area contributed by atoms with Gasteiger partial charge in [0.05, 0.1) is 11.6 Å². The summed E-state index contributed by atoms with van der Waals surface area (Å²) in [5, 5.41) is 8.86. The number of hydrogen-bond acceptors (Lipinski definition) is 5. The van der Waals surface area contributed by atoms with Crippen LogP contribution in [-0.4, -0.2) is 25.9 Å². The molecule has 1 aliphatic heterocycles. The molecule has 122 valence electrons. The number of sulfone groups is 1. The van der Waals surface area contributed by atoms with Crippen LogP contribution in [0.25, 0.3) is 0 Å². The molecule has 23 heavy (non-hydrogen) atoms. The Morgan fingerprint density at radius 2 is 2.00 bits per heavy atom. The molecule has 0 bridgehead atoms. The van der Waals surface area contributed by atoms with Gasteiger partial charge in [-0.2, -0.15) is 0 Å². The molecule has 0 radical (unpaired) electrons. The van der Waals surface area contributed by atoms with E-state index in [-0.39, 0.29) is 16.4 Å². The van der Waals surface area contributed by atoms with Gasteiger partial charge >= 0.3 is 0 Å². The van der Waals surface area contributed by atoms with E-state index in [1.165, 1.54) is 19.2 Å². The van der Waals surface area contributed by atoms with E-state index in [2.05, 4.69) is 15.9 Å². The minimum atomic E-state index is -3.56. The number of halogens is 1. The number of benzene rings is 2. The van der Waals surface area contributed by atoms with Gasteiger partial charge in [0.15, 0.2) is 21.3 Å². The van der Waals surface area contributed by atoms with Crippen LogP contribution in [0.15, 0.2) is 45.8 Å². The molecule has 0 saturated heterocycles. The molecule has 0 fully saturated rings. The quantitative estimate of drug-likeness (QED) is 0.838. The summed E-state index contributed by atoms with van der Waals surface area (Å²) in [6.45, 7) is 1.61. The average molecular weight is 399 g/mol. The van der Waals surface area contributed by atoms with Crippen LogP contribution in [0.2, 0.25) is 0 Å². The van der Waals surface area contributed by atoms with Crippen LogP contribution >= 0.6 is 15.9 Å². The Morgan fingerprint density at radius 3 is 2.65 bits per heavy atom. The zero-order chi connectivity index (χ0) is 16.8. The molecule has 0 unspecified atom stereocenters. The standard InChI is InChI=1S/C16H15BrO5S/c1-9-15(10-6-7-12(18)11(17)8-10)22-16-13(21-2)4-3-5-14(16)23(9,19)20/h3-9,15,18H,1-2H3/t9-,15-/m1/s1. The highest BCUT2D eigenvalue weighted by molar-refractivity contribution is 9.10. The van der Waals surface area contributed by atoms with Crippen molar-refractivity contribution < 1.29 is 23.0 Å². The Hall–Kier alpha value is -1.73. The number of ether oxygens (including phenoxy) is 2. The van der Waals surface area contributed by atoms with Gasteiger partial charge < -0.3 is 14.6 Å². The maximum absolute atomic E-state index is 12.8. The van der Waals surface area contributed by atoms with Gasteiger partial charge in [-0.15, -0.1) is 0 Å². The topological polar surface area (TPSA) is 72.8 Å². The second kappa shape index (κ2) is 5.72. The third kappa shape index (κ3) is 2.57. The number of phenolic OH excluding ortho intramolecular Hbond substituents is 1. The largest absolute Gasteiger partial charge is 0.507 e. The van der Waals surface area contributed by atoms with Crippen molar-refractivity contribution in [3.63, 3.8) is 0 Å². The Morgan fingerprint density at radius 1 is 1.26 bits per heavy atom. The predicted molar refractivity (Wildman–Crippen MR) is 88.8 cm³/mol. The van der Waals surface area contributed by atoms with Crippen LogP contribution in [0.3, 0.4) is 0 Å². The van der Waals surface area contributed by atoms with Gasteiger partial charge in [0.25, 0.3) is 0 Å². The summed E-state index contributed by atoms with van der Waals surface area (Å²) in [5.41, 5.74) is 0.655. The lowest BCUT2D eigenvalue weighted by Crippen LogP contribution is -2.34. The Labute approximate surface area is 142 Å². The maximum atomic E-state index is 12.8. The van der Waals surface area contributed by atoms with Crippen molar-refractivity contribution in [3.8, 4) is 17.2 Å². The van der Waals surface area contributed by atoms with Crippen molar-refractivity contribution in [2.75, 3.05) is 7.11 Å². The molecule has 3 rings (SSSR count). The summed E-state index contributed by atoms with van der Waals surface area (Å²) in [6.07, 6.45) is -0.694. The first-order chi connectivity index (χ1) is 10.9. The minimum Gasteiger partial charge on any atom is -0.507 e. The molecule has 0 aliphatic carbocycles. The minimum absolute atomic E-state index is 0.0815. The lowest BCUT2D eigenvalue weighted by molar-refractivity contribution is 0.180. The van der Waals surface area contributed by atoms with Gasteiger partial charge in [-0.1, -0.05) is 12.1 Å². The van der Waals surface area contributed by atoms with Crippen molar-refractivity contribution in [2.45, 2.75) is 23.2 Å². The highest BCUT2D eigenvalue weighted by Gasteiger charge is 2.41. The number of hydrogen-bond donors (Lipinski definition) is 1. The van der Waals surface area contributed by atoms with Crippen LogP contribution in [0.5, 0.6) is 17.2 Å². The van der Waals surface area contributed by atoms with Crippen LogP contribution in [0.1, 0.15) is 18.6 Å². The third-order valence-corrected chi connectivity index (χ3v) is 6.73. The number of para-hydroxylation sites is 1. The van der Waals surface area contributed by atoms with E-state index in [0.29, 0.717) is 15.8 Å². The fraction of sp³-hybridized carbons (Fsp3) is 0.250. The van der Waals surface area contributed by atoms with Crippen molar-refractivity contribution in [3.05, 3.63) is 46.4 Å². The Balaban J connectivity index is 2.16. The SMILES string of the molecule is COc1cccc2c1O[C@@H](c1ccc(O)c(Br)c1)[C@@H](C)S2(=O)=O. The maximum Gasteiger partial charge on any atom is 0.188 e. The average Bonchev–Trinajstić information content (AvgIpc) is 2.53.